The predicted molar refractivity (Wildman–Crippen MR) is 96.5 cm³/mol. The number of amides is 1. The van der Waals surface area contributed by atoms with Crippen LogP contribution in [0.3, 0.4) is 0 Å². The van der Waals surface area contributed by atoms with Crippen LogP contribution >= 0.6 is 11.3 Å². The Labute approximate surface area is 150 Å². The maximum Gasteiger partial charge on any atom is 0.238 e. The van der Waals surface area contributed by atoms with E-state index in [0.717, 1.165) is 41.5 Å². The van der Waals surface area contributed by atoms with Gasteiger partial charge in [0.15, 0.2) is 11.5 Å². The number of hydrogen-bond donors (Lipinski definition) is 1. The zero-order chi connectivity index (χ0) is 17.2. The maximum absolute atomic E-state index is 12.5. The van der Waals surface area contributed by atoms with Crippen LogP contribution in [-0.2, 0) is 4.79 Å². The molecule has 1 unspecified atom stereocenters. The molecule has 7 heteroatoms. The Bertz CT molecular complexity index is 777. The highest BCUT2D eigenvalue weighted by Gasteiger charge is 2.29. The van der Waals surface area contributed by atoms with E-state index in [2.05, 4.69) is 20.6 Å². The summed E-state index contributed by atoms with van der Waals surface area (Å²) >= 11 is 1.68. The van der Waals surface area contributed by atoms with Crippen LogP contribution in [0.1, 0.15) is 29.6 Å². The van der Waals surface area contributed by atoms with Crippen LogP contribution in [0.15, 0.2) is 23.6 Å². The summed E-state index contributed by atoms with van der Waals surface area (Å²) < 4.78 is 11.1. The number of aryl methyl sites for hydroxylation is 1. The first-order valence-corrected chi connectivity index (χ1v) is 9.42. The fraction of sp³-hybridized carbons (Fsp3) is 0.444. The van der Waals surface area contributed by atoms with E-state index in [-0.39, 0.29) is 11.9 Å². The summed E-state index contributed by atoms with van der Waals surface area (Å²) in [6, 6.07) is 5.75. The quantitative estimate of drug-likeness (QED) is 0.909. The summed E-state index contributed by atoms with van der Waals surface area (Å²) in [7, 11) is 0. The van der Waals surface area contributed by atoms with E-state index in [0.29, 0.717) is 25.5 Å². The van der Waals surface area contributed by atoms with Crippen LogP contribution in [0.4, 0.5) is 5.69 Å². The number of benzene rings is 1. The molecule has 2 aliphatic rings. The summed E-state index contributed by atoms with van der Waals surface area (Å²) in [6.07, 6.45) is 2.16. The van der Waals surface area contributed by atoms with Gasteiger partial charge in [-0.1, -0.05) is 0 Å². The number of carbonyl (C=O) groups is 1. The van der Waals surface area contributed by atoms with Crippen molar-refractivity contribution in [2.24, 2.45) is 0 Å². The first-order chi connectivity index (χ1) is 12.2. The minimum absolute atomic E-state index is 0.0168. The normalized spacial score (nSPS) is 19.8. The van der Waals surface area contributed by atoms with Crippen LogP contribution in [0.5, 0.6) is 11.5 Å². The molecule has 6 nitrogen and oxygen atoms in total. The van der Waals surface area contributed by atoms with Crippen molar-refractivity contribution in [3.63, 3.8) is 0 Å². The Kier molecular flexibility index (Phi) is 4.59. The highest BCUT2D eigenvalue weighted by molar-refractivity contribution is 7.09. The molecule has 1 atom stereocenters. The molecule has 1 aromatic heterocycles. The smallest absolute Gasteiger partial charge is 0.238 e. The van der Waals surface area contributed by atoms with Crippen molar-refractivity contribution in [3.8, 4) is 11.5 Å². The SMILES string of the molecule is Cc1csc(C2CCCN2CC(=O)Nc2ccc3c(c2)OCCO3)n1. The highest BCUT2D eigenvalue weighted by Crippen LogP contribution is 2.34. The van der Waals surface area contributed by atoms with Crippen LogP contribution < -0.4 is 14.8 Å². The molecular weight excluding hydrogens is 338 g/mol. The van der Waals surface area contributed by atoms with Gasteiger partial charge in [-0.2, -0.15) is 0 Å². The van der Waals surface area contributed by atoms with Gasteiger partial charge in [0.1, 0.15) is 18.2 Å². The molecule has 0 aliphatic carbocycles. The average Bonchev–Trinajstić information content (AvgIpc) is 3.23. The molecule has 3 heterocycles. The Morgan fingerprint density at radius 2 is 2.20 bits per heavy atom. The Hall–Kier alpha value is -2.12. The van der Waals surface area contributed by atoms with E-state index < -0.39 is 0 Å². The molecule has 1 aromatic carbocycles. The van der Waals surface area contributed by atoms with Crippen molar-refractivity contribution in [2.75, 3.05) is 31.6 Å². The predicted octanol–water partition coefficient (Wildman–Crippen LogP) is 3.00. The lowest BCUT2D eigenvalue weighted by molar-refractivity contribution is -0.117. The third-order valence-electron chi connectivity index (χ3n) is 4.46. The van der Waals surface area contributed by atoms with E-state index in [9.17, 15) is 4.79 Å². The van der Waals surface area contributed by atoms with E-state index in [1.807, 2.05) is 25.1 Å². The van der Waals surface area contributed by atoms with Gasteiger partial charge < -0.3 is 14.8 Å². The van der Waals surface area contributed by atoms with Gasteiger partial charge in [-0.05, 0) is 38.4 Å². The minimum Gasteiger partial charge on any atom is -0.486 e. The van der Waals surface area contributed by atoms with E-state index in [4.69, 9.17) is 9.47 Å². The number of aromatic nitrogens is 1. The number of ether oxygens (including phenoxy) is 2. The van der Waals surface area contributed by atoms with Gasteiger partial charge in [0, 0.05) is 22.8 Å². The van der Waals surface area contributed by atoms with E-state index in [1.165, 1.54) is 0 Å². The summed E-state index contributed by atoms with van der Waals surface area (Å²) in [5.41, 5.74) is 1.78. The van der Waals surface area contributed by atoms with E-state index >= 15 is 0 Å². The number of thiazole rings is 1. The minimum atomic E-state index is -0.0168. The van der Waals surface area contributed by atoms with Crippen LogP contribution in [-0.4, -0.2) is 42.1 Å². The molecule has 0 spiro atoms. The third-order valence-corrected chi connectivity index (χ3v) is 5.52. The van der Waals surface area contributed by atoms with Crippen LogP contribution in [0.25, 0.3) is 0 Å². The molecule has 2 aliphatic heterocycles. The van der Waals surface area contributed by atoms with Crippen LogP contribution in [0, 0.1) is 6.92 Å². The Morgan fingerprint density at radius 3 is 3.00 bits per heavy atom. The standard InChI is InChI=1S/C18H21N3O3S/c1-12-11-25-18(19-12)14-3-2-6-21(14)10-17(22)20-13-4-5-15-16(9-13)24-8-7-23-15/h4-5,9,11,14H,2-3,6-8,10H2,1H3,(H,20,22). The summed E-state index contributed by atoms with van der Waals surface area (Å²) in [5, 5.41) is 6.15. The van der Waals surface area contributed by atoms with Gasteiger partial charge in [0.25, 0.3) is 0 Å². The summed E-state index contributed by atoms with van der Waals surface area (Å²) in [4.78, 5) is 19.3. The fourth-order valence-electron chi connectivity index (χ4n) is 3.33. The number of carbonyl (C=O) groups excluding carboxylic acids is 1. The van der Waals surface area contributed by atoms with Gasteiger partial charge in [0.2, 0.25) is 5.91 Å². The van der Waals surface area contributed by atoms with Gasteiger partial charge in [-0.15, -0.1) is 11.3 Å². The van der Waals surface area contributed by atoms with Gasteiger partial charge >= 0.3 is 0 Å². The number of likely N-dealkylation sites (tertiary alicyclic amines) is 1. The number of rotatable bonds is 4. The third kappa shape index (κ3) is 3.62. The number of anilines is 1. The largest absolute Gasteiger partial charge is 0.486 e. The molecule has 25 heavy (non-hydrogen) atoms. The number of hydrogen-bond acceptors (Lipinski definition) is 6. The zero-order valence-corrected chi connectivity index (χ0v) is 15.0. The molecule has 2 aromatic rings. The lowest BCUT2D eigenvalue weighted by Crippen LogP contribution is -2.33. The molecule has 1 saturated heterocycles. The van der Waals surface area contributed by atoms with Crippen molar-refractivity contribution < 1.29 is 14.3 Å². The second-order valence-corrected chi connectivity index (χ2v) is 7.25. The first-order valence-electron chi connectivity index (χ1n) is 8.54. The number of nitrogens with one attached hydrogen (secondary N) is 1. The van der Waals surface area contributed by atoms with Crippen molar-refractivity contribution in [1.82, 2.24) is 9.88 Å². The van der Waals surface area contributed by atoms with Crippen LogP contribution in [0.2, 0.25) is 0 Å². The van der Waals surface area contributed by atoms with Crippen molar-refractivity contribution in [1.29, 1.82) is 0 Å². The topological polar surface area (TPSA) is 63.7 Å². The molecular formula is C18H21N3O3S. The first kappa shape index (κ1) is 16.4. The van der Waals surface area contributed by atoms with Gasteiger partial charge in [-0.25, -0.2) is 4.98 Å². The Morgan fingerprint density at radius 1 is 1.36 bits per heavy atom. The zero-order valence-electron chi connectivity index (χ0n) is 14.2. The lowest BCUT2D eigenvalue weighted by atomic mass is 10.2. The van der Waals surface area contributed by atoms with E-state index in [1.54, 1.807) is 11.3 Å². The van der Waals surface area contributed by atoms with Crippen molar-refractivity contribution in [2.45, 2.75) is 25.8 Å². The Balaban J connectivity index is 1.40. The molecule has 0 radical (unpaired) electrons. The van der Waals surface area contributed by atoms with Crippen molar-refractivity contribution >= 4 is 22.9 Å². The molecule has 1 amide bonds. The highest BCUT2D eigenvalue weighted by atomic mass is 32.1. The maximum atomic E-state index is 12.5. The van der Waals surface area contributed by atoms with Crippen molar-refractivity contribution in [3.05, 3.63) is 34.3 Å². The molecule has 1 fully saturated rings. The monoisotopic (exact) mass is 359 g/mol. The lowest BCUT2D eigenvalue weighted by Gasteiger charge is -2.22. The summed E-state index contributed by atoms with van der Waals surface area (Å²) in [6.45, 7) is 4.40. The van der Waals surface area contributed by atoms with Gasteiger partial charge in [-0.3, -0.25) is 9.69 Å². The summed E-state index contributed by atoms with van der Waals surface area (Å²) in [5.74, 6) is 1.39. The molecule has 1 N–H and O–H groups in total. The second kappa shape index (κ2) is 7.01. The number of nitrogens with zero attached hydrogens (tertiary/aromatic N) is 2. The van der Waals surface area contributed by atoms with Gasteiger partial charge in [0.05, 0.1) is 12.6 Å². The second-order valence-electron chi connectivity index (χ2n) is 6.36. The number of fused-ring (bicyclic) bond motifs is 1. The molecule has 0 bridgehead atoms. The molecule has 4 rings (SSSR count). The average molecular weight is 359 g/mol. The molecule has 0 saturated carbocycles. The molecule has 132 valence electrons. The fourth-order valence-corrected chi connectivity index (χ4v) is 4.29.